The predicted octanol–water partition coefficient (Wildman–Crippen LogP) is 1.68. The molecule has 13 heavy (non-hydrogen) atoms. The first-order valence-corrected chi connectivity index (χ1v) is 4.86. The smallest absolute Gasteiger partial charge is 0.232 e. The molecule has 2 fully saturated rings. The Balaban J connectivity index is 2.24. The molecular formula is C9H13ClO3. The molecule has 2 aliphatic heterocycles. The molecule has 0 amide bonds. The van der Waals surface area contributed by atoms with Gasteiger partial charge in [0.15, 0.2) is 5.79 Å². The number of hydrogen-bond donors (Lipinski definition) is 0. The molecule has 0 unspecified atom stereocenters. The van der Waals surface area contributed by atoms with E-state index in [1.54, 1.807) is 6.92 Å². The van der Waals surface area contributed by atoms with E-state index in [9.17, 15) is 4.79 Å². The van der Waals surface area contributed by atoms with Gasteiger partial charge in [0.2, 0.25) is 5.24 Å². The van der Waals surface area contributed by atoms with Crippen LogP contribution in [0.1, 0.15) is 26.7 Å². The zero-order valence-electron chi connectivity index (χ0n) is 7.80. The summed E-state index contributed by atoms with van der Waals surface area (Å²) in [7, 11) is 0. The van der Waals surface area contributed by atoms with Crippen LogP contribution in [-0.2, 0) is 14.3 Å². The molecule has 0 aromatic carbocycles. The van der Waals surface area contributed by atoms with Gasteiger partial charge in [-0.1, -0.05) is 0 Å². The summed E-state index contributed by atoms with van der Waals surface area (Å²) in [5.41, 5.74) is -0.655. The summed E-state index contributed by atoms with van der Waals surface area (Å²) in [5, 5.41) is -0.360. The van der Waals surface area contributed by atoms with Gasteiger partial charge in [-0.15, -0.1) is 0 Å². The minimum atomic E-state index is -0.655. The second-order valence-corrected chi connectivity index (χ2v) is 4.60. The van der Waals surface area contributed by atoms with Crippen molar-refractivity contribution in [3.05, 3.63) is 0 Å². The lowest BCUT2D eigenvalue weighted by molar-refractivity contribution is -0.280. The zero-order chi connectivity index (χ0) is 9.69. The predicted molar refractivity (Wildman–Crippen MR) is 47.4 cm³/mol. The molecule has 0 spiro atoms. The Hall–Kier alpha value is -0.120. The summed E-state index contributed by atoms with van der Waals surface area (Å²) < 4.78 is 11.1. The van der Waals surface area contributed by atoms with Gasteiger partial charge in [-0.25, -0.2) is 0 Å². The Morgan fingerprint density at radius 3 is 2.85 bits per heavy atom. The van der Waals surface area contributed by atoms with Crippen LogP contribution in [0.5, 0.6) is 0 Å². The van der Waals surface area contributed by atoms with E-state index in [2.05, 4.69) is 0 Å². The van der Waals surface area contributed by atoms with Crippen molar-refractivity contribution in [3.63, 3.8) is 0 Å². The van der Waals surface area contributed by atoms with Gasteiger partial charge < -0.3 is 9.47 Å². The lowest BCUT2D eigenvalue weighted by atomic mass is 9.85. The topological polar surface area (TPSA) is 35.5 Å². The summed E-state index contributed by atoms with van der Waals surface area (Å²) in [4.78, 5) is 11.2. The molecule has 0 saturated carbocycles. The van der Waals surface area contributed by atoms with Gasteiger partial charge in [-0.2, -0.15) is 0 Å². The maximum atomic E-state index is 11.2. The normalized spacial score (nSPS) is 49.3. The monoisotopic (exact) mass is 204 g/mol. The van der Waals surface area contributed by atoms with E-state index >= 15 is 0 Å². The van der Waals surface area contributed by atoms with Crippen LogP contribution < -0.4 is 0 Å². The van der Waals surface area contributed by atoms with Crippen molar-refractivity contribution in [1.82, 2.24) is 0 Å². The van der Waals surface area contributed by atoms with Gasteiger partial charge in [0.1, 0.15) is 0 Å². The molecule has 0 radical (unpaired) electrons. The van der Waals surface area contributed by atoms with Crippen molar-refractivity contribution >= 4 is 16.8 Å². The molecule has 2 saturated heterocycles. The van der Waals surface area contributed by atoms with E-state index in [0.717, 1.165) is 12.8 Å². The SMILES string of the molecule is C[C@]12CC[C@H](O1)[C@](C)(C(=O)Cl)CO2. The first kappa shape index (κ1) is 9.44. The highest BCUT2D eigenvalue weighted by atomic mass is 35.5. The van der Waals surface area contributed by atoms with E-state index in [-0.39, 0.29) is 11.3 Å². The fraction of sp³-hybridized carbons (Fsp3) is 0.889. The molecule has 0 aromatic heterocycles. The summed E-state index contributed by atoms with van der Waals surface area (Å²) in [5.74, 6) is -0.476. The summed E-state index contributed by atoms with van der Waals surface area (Å²) >= 11 is 5.54. The number of fused-ring (bicyclic) bond motifs is 2. The third-order valence-electron chi connectivity index (χ3n) is 3.09. The van der Waals surface area contributed by atoms with E-state index < -0.39 is 11.2 Å². The Bertz CT molecular complexity index is 255. The first-order valence-electron chi connectivity index (χ1n) is 4.48. The number of hydrogen-bond acceptors (Lipinski definition) is 3. The molecule has 74 valence electrons. The standard InChI is InChI=1S/C9H13ClO3/c1-8(7(10)11)5-12-9(2)4-3-6(8)13-9/h6H,3-5H2,1-2H3/t6-,8+,9+/m0/s1. The molecule has 2 rings (SSSR count). The van der Waals surface area contributed by atoms with E-state index in [1.165, 1.54) is 0 Å². The van der Waals surface area contributed by atoms with Gasteiger partial charge in [0.05, 0.1) is 18.1 Å². The third-order valence-corrected chi connectivity index (χ3v) is 3.52. The Morgan fingerprint density at radius 1 is 1.54 bits per heavy atom. The maximum Gasteiger partial charge on any atom is 0.232 e. The zero-order valence-corrected chi connectivity index (χ0v) is 8.56. The van der Waals surface area contributed by atoms with E-state index in [1.807, 2.05) is 6.92 Å². The van der Waals surface area contributed by atoms with Crippen LogP contribution in [0, 0.1) is 5.41 Å². The Kier molecular flexibility index (Phi) is 1.95. The quantitative estimate of drug-likeness (QED) is 0.610. The second kappa shape index (κ2) is 2.69. The third kappa shape index (κ3) is 1.30. The lowest BCUT2D eigenvalue weighted by Gasteiger charge is -2.40. The molecule has 2 aliphatic rings. The van der Waals surface area contributed by atoms with Gasteiger partial charge in [0, 0.05) is 6.42 Å². The van der Waals surface area contributed by atoms with Crippen LogP contribution >= 0.6 is 11.6 Å². The van der Waals surface area contributed by atoms with Crippen molar-refractivity contribution in [2.24, 2.45) is 5.41 Å². The Labute approximate surface area is 82.3 Å². The number of carbonyl (C=O) groups is 1. The van der Waals surface area contributed by atoms with Crippen molar-refractivity contribution in [2.45, 2.75) is 38.6 Å². The number of halogens is 1. The average Bonchev–Trinajstić information content (AvgIpc) is 2.39. The van der Waals surface area contributed by atoms with Crippen LogP contribution in [0.15, 0.2) is 0 Å². The summed E-state index contributed by atoms with van der Waals surface area (Å²) in [6.45, 7) is 4.08. The highest BCUT2D eigenvalue weighted by Gasteiger charge is 2.54. The minimum Gasteiger partial charge on any atom is -0.349 e. The lowest BCUT2D eigenvalue weighted by Crippen LogP contribution is -2.49. The maximum absolute atomic E-state index is 11.2. The van der Waals surface area contributed by atoms with Crippen molar-refractivity contribution in [3.8, 4) is 0 Å². The number of rotatable bonds is 1. The first-order chi connectivity index (χ1) is 5.96. The molecule has 2 heterocycles. The van der Waals surface area contributed by atoms with Gasteiger partial charge in [0.25, 0.3) is 0 Å². The van der Waals surface area contributed by atoms with E-state index in [4.69, 9.17) is 21.1 Å². The highest BCUT2D eigenvalue weighted by molar-refractivity contribution is 6.64. The van der Waals surface area contributed by atoms with Gasteiger partial charge in [-0.3, -0.25) is 4.79 Å². The van der Waals surface area contributed by atoms with Crippen LogP contribution in [0.4, 0.5) is 0 Å². The molecule has 0 N–H and O–H groups in total. The highest BCUT2D eigenvalue weighted by Crippen LogP contribution is 2.46. The van der Waals surface area contributed by atoms with Crippen molar-refractivity contribution in [2.75, 3.05) is 6.61 Å². The van der Waals surface area contributed by atoms with Gasteiger partial charge >= 0.3 is 0 Å². The van der Waals surface area contributed by atoms with Crippen LogP contribution in [-0.4, -0.2) is 23.7 Å². The fourth-order valence-corrected chi connectivity index (χ4v) is 2.12. The van der Waals surface area contributed by atoms with E-state index in [0.29, 0.717) is 6.61 Å². The van der Waals surface area contributed by atoms with Crippen LogP contribution in [0.25, 0.3) is 0 Å². The number of carbonyl (C=O) groups excluding carboxylic acids is 1. The Morgan fingerprint density at radius 2 is 2.23 bits per heavy atom. The largest absolute Gasteiger partial charge is 0.349 e. The summed E-state index contributed by atoms with van der Waals surface area (Å²) in [6.07, 6.45) is 1.62. The fourth-order valence-electron chi connectivity index (χ4n) is 1.95. The summed E-state index contributed by atoms with van der Waals surface area (Å²) in [6, 6.07) is 0. The van der Waals surface area contributed by atoms with Crippen molar-refractivity contribution in [1.29, 1.82) is 0 Å². The molecular weight excluding hydrogens is 192 g/mol. The molecule has 0 aliphatic carbocycles. The van der Waals surface area contributed by atoms with Crippen LogP contribution in [0.2, 0.25) is 0 Å². The molecule has 0 aromatic rings. The minimum absolute atomic E-state index is 0.0729. The average molecular weight is 205 g/mol. The second-order valence-electron chi connectivity index (χ2n) is 4.26. The molecule has 3 nitrogen and oxygen atoms in total. The van der Waals surface area contributed by atoms with Crippen molar-refractivity contribution < 1.29 is 14.3 Å². The van der Waals surface area contributed by atoms with Crippen LogP contribution in [0.3, 0.4) is 0 Å². The number of ether oxygens (including phenoxy) is 2. The molecule has 4 heteroatoms. The van der Waals surface area contributed by atoms with Gasteiger partial charge in [-0.05, 0) is 31.9 Å². The molecule has 2 bridgehead atoms. The molecule has 3 atom stereocenters.